The van der Waals surface area contributed by atoms with Gasteiger partial charge in [0.2, 0.25) is 23.6 Å². The van der Waals surface area contributed by atoms with Gasteiger partial charge in [-0.05, 0) is 210 Å². The summed E-state index contributed by atoms with van der Waals surface area (Å²) in [7, 11) is -11.2. The number of benzene rings is 5. The summed E-state index contributed by atoms with van der Waals surface area (Å²) in [6, 6.07) is 16.8. The molecule has 13 rings (SSSR count). The minimum atomic E-state index is -3.80. The molecule has 108 heavy (non-hydrogen) atoms. The molecule has 6 fully saturated rings. The normalized spacial score (nSPS) is 23.1. The number of fused-ring (bicyclic) bond motifs is 7. The van der Waals surface area contributed by atoms with Crippen LogP contribution in [-0.4, -0.2) is 153 Å². The van der Waals surface area contributed by atoms with Gasteiger partial charge in [-0.1, -0.05) is 18.2 Å². The SMILES string of the molecule is Cc1cccc(S(=O)(=O)CCC(=O)N2[C@@H]3CC[C@H]2CC([C@H](N)Cc2cc(F)c(F)cc2F)C3)n1.NC(=O)c1cccc(S(=O)(=O)CCC(=O)N2[C@@H]3CC[C@H]2CC([C@H](N)Cc2cc(F)c(F)cc2F)C3)c1.N[C@H](Cc1cc(F)c(F)cc1F)C1C[C@H]2CC[C@@H](C1)N2C(=O)CCS(=O)(=O)c1ccc2c(c1)C(=O)NCC2. The lowest BCUT2D eigenvalue weighted by Gasteiger charge is -2.41. The predicted molar refractivity (Wildman–Crippen MR) is 380 cm³/mol. The summed E-state index contributed by atoms with van der Waals surface area (Å²) in [6.07, 6.45) is 8.50. The molecule has 5 amide bonds. The second-order valence-corrected chi connectivity index (χ2v) is 35.7. The number of nitrogens with two attached hydrogens (primary N) is 4. The number of sulfone groups is 3. The first-order chi connectivity index (χ1) is 51.0. The molecule has 20 nitrogen and oxygen atoms in total. The van der Waals surface area contributed by atoms with Gasteiger partial charge >= 0.3 is 0 Å². The number of amides is 5. The first kappa shape index (κ1) is 80.7. The molecule has 12 atom stereocenters. The highest BCUT2D eigenvalue weighted by molar-refractivity contribution is 7.92. The fourth-order valence-corrected chi connectivity index (χ4v) is 20.6. The zero-order valence-electron chi connectivity index (χ0n) is 59.1. The largest absolute Gasteiger partial charge is 0.366 e. The standard InChI is InChI=1S/C27H30F3N3O4S.C25H28F3N3O4S.C24H28F3N3O3S/c28-22-14-24(30)23(29)11-16(22)12-25(31)17-9-18-2-3-19(10-17)33(18)26(34)6-8-38(36,37)20-4-1-15-5-7-32-27(35)21(15)13-20;26-20-13-22(28)21(27)11-15(20)12-23(29)16-8-17-4-5-18(9-16)31(17)24(32)6-7-36(34,35)19-3-1-2-14(10-19)25(30)33;1-14-3-2-4-23(29-14)34(32,33)8-7-24(31)30-17-5-6-18(30)10-16(9-17)22(28)12-15-11-20(26)21(27)13-19(15)25/h1,4,11,13-14,17-19,25H,2-3,5-10,12,31H2,(H,32,35);1-3,10-11,13,16-18,23H,4-9,12,29H2,(H2,30,33);2-4,11,13,16-18,22H,5-10,12,28H2,1H3/t17?,18-,19+,25-;16?,17-,18+,23-;16?,17-,18+,22-/m111/s1. The Morgan fingerprint density at radius 2 is 0.815 bits per heavy atom. The van der Waals surface area contributed by atoms with Crippen LogP contribution >= 0.6 is 0 Å². The smallest absolute Gasteiger partial charge is 0.251 e. The van der Waals surface area contributed by atoms with Crippen molar-refractivity contribution in [1.82, 2.24) is 25.0 Å². The van der Waals surface area contributed by atoms with Gasteiger partial charge in [-0.15, -0.1) is 0 Å². The van der Waals surface area contributed by atoms with E-state index in [2.05, 4.69) is 10.3 Å². The third-order valence-corrected chi connectivity index (χ3v) is 27.4. The number of rotatable bonds is 22. The summed E-state index contributed by atoms with van der Waals surface area (Å²) >= 11 is 0. The van der Waals surface area contributed by atoms with Crippen LogP contribution in [0.15, 0.2) is 112 Å². The van der Waals surface area contributed by atoms with Crippen molar-refractivity contribution in [3.63, 3.8) is 0 Å². The number of halogens is 9. The van der Waals surface area contributed by atoms with Crippen LogP contribution in [0.25, 0.3) is 0 Å². The van der Waals surface area contributed by atoms with Crippen LogP contribution in [0.2, 0.25) is 0 Å². The third-order valence-electron chi connectivity index (χ3n) is 22.4. The molecular formula is C76H86F9N9O11S3. The van der Waals surface area contributed by atoms with E-state index in [1.54, 1.807) is 39.8 Å². The van der Waals surface area contributed by atoms with Crippen molar-refractivity contribution in [1.29, 1.82) is 0 Å². The maximum atomic E-state index is 14.1. The van der Waals surface area contributed by atoms with E-state index in [0.29, 0.717) is 80.9 Å². The molecule has 1 aromatic heterocycles. The maximum absolute atomic E-state index is 14.1. The number of hydrogen-bond donors (Lipinski definition) is 5. The molecule has 582 valence electrons. The second-order valence-electron chi connectivity index (χ2n) is 29.5. The molecule has 7 aliphatic heterocycles. The van der Waals surface area contributed by atoms with Crippen molar-refractivity contribution in [2.24, 2.45) is 40.7 Å². The molecule has 5 aromatic carbocycles. The molecule has 32 heteroatoms. The lowest BCUT2D eigenvalue weighted by atomic mass is 9.82. The number of nitrogens with one attached hydrogen (secondary N) is 1. The quantitative estimate of drug-likeness (QED) is 0.0313. The minimum Gasteiger partial charge on any atom is -0.366 e. The zero-order chi connectivity index (χ0) is 78.0. The summed E-state index contributed by atoms with van der Waals surface area (Å²) in [5.74, 6) is -12.5. The summed E-state index contributed by atoms with van der Waals surface area (Å²) in [4.78, 5) is 71.9. The lowest BCUT2D eigenvalue weighted by Crippen LogP contribution is -2.50. The lowest BCUT2D eigenvalue weighted by molar-refractivity contribution is -0.137. The Morgan fingerprint density at radius 3 is 1.19 bits per heavy atom. The average Bonchev–Trinajstić information content (AvgIpc) is 1.78. The van der Waals surface area contributed by atoms with E-state index in [0.717, 1.165) is 62.3 Å². The van der Waals surface area contributed by atoms with Crippen molar-refractivity contribution < 1.29 is 88.7 Å². The summed E-state index contributed by atoms with van der Waals surface area (Å²) in [5, 5.41) is 2.68. The van der Waals surface area contributed by atoms with E-state index < -0.39 is 112 Å². The summed E-state index contributed by atoms with van der Waals surface area (Å²) < 4.78 is 199. The van der Waals surface area contributed by atoms with E-state index in [1.807, 2.05) is 0 Å². The van der Waals surface area contributed by atoms with Crippen LogP contribution in [-0.2, 0) is 69.6 Å². The molecule has 3 unspecified atom stereocenters. The highest BCUT2D eigenvalue weighted by Gasteiger charge is 2.48. The van der Waals surface area contributed by atoms with Gasteiger partial charge in [-0.2, -0.15) is 0 Å². The van der Waals surface area contributed by atoms with Crippen LogP contribution in [0.5, 0.6) is 0 Å². The maximum Gasteiger partial charge on any atom is 0.251 e. The van der Waals surface area contributed by atoms with Gasteiger partial charge in [0.05, 0.1) is 27.0 Å². The van der Waals surface area contributed by atoms with E-state index >= 15 is 0 Å². The number of aromatic nitrogens is 1. The first-order valence-corrected chi connectivity index (χ1v) is 41.0. The Hall–Kier alpha value is -8.30. The highest BCUT2D eigenvalue weighted by atomic mass is 32.2. The van der Waals surface area contributed by atoms with E-state index in [9.17, 15) is 88.7 Å². The highest BCUT2D eigenvalue weighted by Crippen LogP contribution is 2.44. The van der Waals surface area contributed by atoms with Gasteiger partial charge in [0.1, 0.15) is 17.5 Å². The summed E-state index contributed by atoms with van der Waals surface area (Å²) in [5.41, 5.74) is 26.1. The van der Waals surface area contributed by atoms with Crippen molar-refractivity contribution in [3.05, 3.63) is 188 Å². The number of pyridine rings is 1. The van der Waals surface area contributed by atoms with Crippen LogP contribution < -0.4 is 28.3 Å². The average molecular weight is 1570 g/mol. The Kier molecular flexibility index (Phi) is 25.0. The van der Waals surface area contributed by atoms with Crippen molar-refractivity contribution in [2.45, 2.75) is 198 Å². The fraction of sp³-hybridized carbons (Fsp3) is 0.474. The zero-order valence-corrected chi connectivity index (χ0v) is 61.6. The van der Waals surface area contributed by atoms with Gasteiger partial charge < -0.3 is 43.0 Å². The third kappa shape index (κ3) is 18.6. The van der Waals surface area contributed by atoms with Crippen LogP contribution in [0.4, 0.5) is 39.5 Å². The second kappa shape index (κ2) is 33.5. The van der Waals surface area contributed by atoms with Crippen LogP contribution in [0.1, 0.15) is 145 Å². The molecule has 6 bridgehead atoms. The number of carbonyl (C=O) groups is 5. The minimum absolute atomic E-state index is 0.00529. The number of hydrogen-bond acceptors (Lipinski definition) is 15. The molecule has 6 saturated heterocycles. The predicted octanol–water partition coefficient (Wildman–Crippen LogP) is 8.91. The fourth-order valence-electron chi connectivity index (χ4n) is 16.9. The van der Waals surface area contributed by atoms with Gasteiger partial charge in [0, 0.05) is 115 Å². The number of nitrogens with zero attached hydrogens (tertiary/aromatic N) is 4. The van der Waals surface area contributed by atoms with Gasteiger partial charge in [-0.3, -0.25) is 24.0 Å². The number of carbonyl (C=O) groups excluding carboxylic acids is 5. The molecule has 7 aliphatic rings. The number of aryl methyl sites for hydroxylation is 1. The molecule has 0 aliphatic carbocycles. The van der Waals surface area contributed by atoms with Crippen molar-refractivity contribution >= 4 is 59.0 Å². The Morgan fingerprint density at radius 1 is 0.463 bits per heavy atom. The topological polar surface area (TPSA) is 326 Å². The van der Waals surface area contributed by atoms with E-state index in [-0.39, 0.29) is 165 Å². The molecular weight excluding hydrogens is 1480 g/mol. The van der Waals surface area contributed by atoms with E-state index in [4.69, 9.17) is 22.9 Å². The monoisotopic (exact) mass is 1570 g/mol. The number of primary amides is 1. The molecule has 8 heterocycles. The Bertz CT molecular complexity index is 4760. The molecule has 0 spiro atoms. The van der Waals surface area contributed by atoms with Gasteiger partial charge in [-0.25, -0.2) is 69.8 Å². The van der Waals surface area contributed by atoms with Crippen LogP contribution in [0.3, 0.4) is 0 Å². The Balaban J connectivity index is 0.000000161. The summed E-state index contributed by atoms with van der Waals surface area (Å²) in [6.45, 7) is 2.22. The first-order valence-electron chi connectivity index (χ1n) is 36.1. The molecule has 6 aromatic rings. The van der Waals surface area contributed by atoms with Crippen molar-refractivity contribution in [3.8, 4) is 0 Å². The van der Waals surface area contributed by atoms with E-state index in [1.165, 1.54) is 42.5 Å². The van der Waals surface area contributed by atoms with Gasteiger partial charge in [0.25, 0.3) is 5.91 Å². The Labute approximate surface area is 620 Å². The van der Waals surface area contributed by atoms with Crippen molar-refractivity contribution in [2.75, 3.05) is 23.8 Å². The molecule has 0 radical (unpaired) electrons. The van der Waals surface area contributed by atoms with Gasteiger partial charge in [0.15, 0.2) is 69.4 Å². The van der Waals surface area contributed by atoms with Crippen LogP contribution in [0, 0.1) is 77.0 Å². The molecule has 0 saturated carbocycles. The molecule has 9 N–H and O–H groups in total. The number of piperidine rings is 3.